The van der Waals surface area contributed by atoms with Crippen LogP contribution in [0, 0.1) is 0 Å². The van der Waals surface area contributed by atoms with Crippen LogP contribution in [0.1, 0.15) is 35.8 Å². The van der Waals surface area contributed by atoms with Gasteiger partial charge in [0.2, 0.25) is 0 Å². The molecule has 0 unspecified atom stereocenters. The lowest BCUT2D eigenvalue weighted by molar-refractivity contribution is -0.0566. The summed E-state index contributed by atoms with van der Waals surface area (Å²) in [7, 11) is 0. The number of aromatic nitrogens is 3. The summed E-state index contributed by atoms with van der Waals surface area (Å²) >= 11 is 0. The predicted molar refractivity (Wildman–Crippen MR) is 129 cm³/mol. The first-order chi connectivity index (χ1) is 16.4. The number of nitrogens with zero attached hydrogens (tertiary/aromatic N) is 3. The van der Waals surface area contributed by atoms with E-state index in [9.17, 15) is 13.6 Å². The number of allylic oxidation sites excluding steroid dienone is 4. The summed E-state index contributed by atoms with van der Waals surface area (Å²) in [5.41, 5.74) is 4.42. The highest BCUT2D eigenvalue weighted by Gasteiger charge is 2.33. The number of aromatic amines is 1. The van der Waals surface area contributed by atoms with E-state index in [1.165, 1.54) is 0 Å². The molecule has 0 saturated carbocycles. The van der Waals surface area contributed by atoms with E-state index in [4.69, 9.17) is 0 Å². The van der Waals surface area contributed by atoms with E-state index in [1.54, 1.807) is 36.7 Å². The van der Waals surface area contributed by atoms with Gasteiger partial charge in [0.25, 0.3) is 11.8 Å². The number of piperidine rings is 1. The van der Waals surface area contributed by atoms with E-state index < -0.39 is 5.92 Å². The van der Waals surface area contributed by atoms with Gasteiger partial charge in [0.1, 0.15) is 0 Å². The number of carbonyl (C=O) groups is 1. The van der Waals surface area contributed by atoms with Crippen LogP contribution < -0.4 is 5.32 Å². The van der Waals surface area contributed by atoms with Gasteiger partial charge in [0.05, 0.1) is 5.52 Å². The summed E-state index contributed by atoms with van der Waals surface area (Å²) in [5.74, 6) is -2.88. The largest absolute Gasteiger partial charge is 0.321 e. The Kier molecular flexibility index (Phi) is 6.98. The van der Waals surface area contributed by atoms with Gasteiger partial charge in [-0.15, -0.1) is 0 Å². The number of benzene rings is 1. The second-order valence-corrected chi connectivity index (χ2v) is 8.34. The van der Waals surface area contributed by atoms with Gasteiger partial charge in [-0.05, 0) is 42.3 Å². The molecule has 0 bridgehead atoms. The maximum Gasteiger partial charge on any atom is 0.276 e. The molecular formula is C26H27F2N5O. The Hall–Kier alpha value is -3.65. The quantitative estimate of drug-likeness (QED) is 0.471. The van der Waals surface area contributed by atoms with Crippen molar-refractivity contribution in [3.63, 3.8) is 0 Å². The smallest absolute Gasteiger partial charge is 0.276 e. The van der Waals surface area contributed by atoms with Gasteiger partial charge in [-0.1, -0.05) is 30.9 Å². The lowest BCUT2D eigenvalue weighted by atomic mass is 10.0. The minimum absolute atomic E-state index is 0.111. The second-order valence-electron chi connectivity index (χ2n) is 8.34. The highest BCUT2D eigenvalue weighted by molar-refractivity contribution is 6.06. The van der Waals surface area contributed by atoms with Crippen molar-refractivity contribution in [1.82, 2.24) is 25.4 Å². The van der Waals surface area contributed by atoms with E-state index in [-0.39, 0.29) is 18.7 Å². The second kappa shape index (κ2) is 10.1. The molecular weight excluding hydrogens is 436 g/mol. The van der Waals surface area contributed by atoms with Gasteiger partial charge in [0, 0.05) is 61.5 Å². The van der Waals surface area contributed by atoms with Crippen molar-refractivity contribution in [2.75, 3.05) is 13.1 Å². The minimum atomic E-state index is -2.56. The third-order valence-corrected chi connectivity index (χ3v) is 5.88. The van der Waals surface area contributed by atoms with Gasteiger partial charge in [-0.25, -0.2) is 8.78 Å². The number of H-pyrrole nitrogens is 1. The molecule has 176 valence electrons. The average molecular weight is 464 g/mol. The third-order valence-electron chi connectivity index (χ3n) is 5.88. The number of pyridine rings is 1. The fourth-order valence-corrected chi connectivity index (χ4v) is 3.97. The molecule has 6 nitrogen and oxygen atoms in total. The number of fused-ring (bicyclic) bond motifs is 1. The molecule has 1 saturated heterocycles. The fraction of sp³-hybridized carbons (Fsp3) is 0.269. The van der Waals surface area contributed by atoms with Crippen molar-refractivity contribution >= 4 is 16.8 Å². The van der Waals surface area contributed by atoms with Crippen molar-refractivity contribution < 1.29 is 13.6 Å². The Bertz CT molecular complexity index is 1250. The zero-order chi connectivity index (χ0) is 24.1. The Balaban J connectivity index is 1.55. The van der Waals surface area contributed by atoms with E-state index >= 15 is 0 Å². The number of rotatable bonds is 7. The van der Waals surface area contributed by atoms with Gasteiger partial charge in [-0.2, -0.15) is 5.10 Å². The molecule has 2 aromatic heterocycles. The predicted octanol–water partition coefficient (Wildman–Crippen LogP) is 5.23. The number of likely N-dealkylation sites (tertiary alicyclic amines) is 1. The first-order valence-corrected chi connectivity index (χ1v) is 11.2. The SMILES string of the molecule is C=C/C=C\C(=C/C)NC(=O)c1n[nH]c2ccc(-c3cncc(CN4CCC(F)(F)CC4)c3)cc12. The van der Waals surface area contributed by atoms with Crippen molar-refractivity contribution in [2.45, 2.75) is 32.2 Å². The number of nitrogens with one attached hydrogen (secondary N) is 2. The van der Waals surface area contributed by atoms with Crippen LogP contribution in [0.5, 0.6) is 0 Å². The molecule has 3 heterocycles. The molecule has 2 N–H and O–H groups in total. The number of halogens is 2. The Labute approximate surface area is 197 Å². The van der Waals surface area contributed by atoms with Crippen LogP contribution in [-0.2, 0) is 6.54 Å². The normalized spacial score (nSPS) is 16.7. The van der Waals surface area contributed by atoms with E-state index in [2.05, 4.69) is 27.1 Å². The summed E-state index contributed by atoms with van der Waals surface area (Å²) in [6.07, 6.45) is 10.2. The topological polar surface area (TPSA) is 73.9 Å². The molecule has 0 aliphatic carbocycles. The molecule has 3 aromatic rings. The maximum atomic E-state index is 13.5. The van der Waals surface area contributed by atoms with Crippen molar-refractivity contribution in [1.29, 1.82) is 0 Å². The molecule has 0 radical (unpaired) electrons. The molecule has 1 amide bonds. The maximum absolute atomic E-state index is 13.5. The van der Waals surface area contributed by atoms with Crippen molar-refractivity contribution in [3.05, 3.63) is 84.5 Å². The highest BCUT2D eigenvalue weighted by Crippen LogP contribution is 2.29. The van der Waals surface area contributed by atoms with Crippen LogP contribution in [0.4, 0.5) is 8.78 Å². The molecule has 4 rings (SSSR count). The average Bonchev–Trinajstić information content (AvgIpc) is 3.26. The van der Waals surface area contributed by atoms with Crippen LogP contribution >= 0.6 is 0 Å². The van der Waals surface area contributed by atoms with E-state index in [0.717, 1.165) is 22.2 Å². The third kappa shape index (κ3) is 5.46. The fourth-order valence-electron chi connectivity index (χ4n) is 3.97. The molecule has 1 aliphatic heterocycles. The Morgan fingerprint density at radius 1 is 1.24 bits per heavy atom. The molecule has 8 heteroatoms. The van der Waals surface area contributed by atoms with Gasteiger partial charge >= 0.3 is 0 Å². The van der Waals surface area contributed by atoms with E-state index in [1.807, 2.05) is 36.1 Å². The summed E-state index contributed by atoms with van der Waals surface area (Å²) in [6.45, 7) is 6.78. The van der Waals surface area contributed by atoms with Gasteiger partial charge in [0.15, 0.2) is 5.69 Å². The van der Waals surface area contributed by atoms with Gasteiger partial charge in [-0.3, -0.25) is 19.8 Å². The molecule has 1 fully saturated rings. The summed E-state index contributed by atoms with van der Waals surface area (Å²) in [5, 5.41) is 10.7. The molecule has 0 spiro atoms. The number of alkyl halides is 2. The summed E-state index contributed by atoms with van der Waals surface area (Å²) < 4.78 is 26.9. The van der Waals surface area contributed by atoms with Crippen molar-refractivity contribution in [2.24, 2.45) is 0 Å². The molecule has 1 aliphatic rings. The Morgan fingerprint density at radius 3 is 2.76 bits per heavy atom. The zero-order valence-electron chi connectivity index (χ0n) is 19.0. The van der Waals surface area contributed by atoms with Crippen LogP contribution in [0.3, 0.4) is 0 Å². The molecule has 1 aromatic carbocycles. The Morgan fingerprint density at radius 2 is 2.03 bits per heavy atom. The highest BCUT2D eigenvalue weighted by atomic mass is 19.3. The lowest BCUT2D eigenvalue weighted by Gasteiger charge is -2.31. The first-order valence-electron chi connectivity index (χ1n) is 11.2. The summed E-state index contributed by atoms with van der Waals surface area (Å²) in [6, 6.07) is 7.74. The lowest BCUT2D eigenvalue weighted by Crippen LogP contribution is -2.38. The molecule has 34 heavy (non-hydrogen) atoms. The summed E-state index contributed by atoms with van der Waals surface area (Å²) in [4.78, 5) is 19.2. The first kappa shape index (κ1) is 23.5. The monoisotopic (exact) mass is 463 g/mol. The minimum Gasteiger partial charge on any atom is -0.321 e. The molecule has 0 atom stereocenters. The standard InChI is InChI=1S/C26H27F2N5O/c1-3-5-6-21(4-2)30-25(34)24-22-14-19(7-8-23(22)31-32-24)20-13-18(15-29-16-20)17-33-11-9-26(27,28)10-12-33/h3-8,13-16H,1,9-12,17H2,2H3,(H,30,34)(H,31,32)/b6-5-,21-4+. The number of carbonyl (C=O) groups excluding carboxylic acids is 1. The van der Waals surface area contributed by atoms with Crippen LogP contribution in [-0.4, -0.2) is 45.0 Å². The van der Waals surface area contributed by atoms with Crippen molar-refractivity contribution in [3.8, 4) is 11.1 Å². The number of amides is 1. The van der Waals surface area contributed by atoms with E-state index in [0.29, 0.717) is 36.4 Å². The van der Waals surface area contributed by atoms with Crippen LogP contribution in [0.15, 0.2) is 73.2 Å². The van der Waals surface area contributed by atoms with Crippen LogP contribution in [0.25, 0.3) is 22.0 Å². The zero-order valence-corrected chi connectivity index (χ0v) is 19.0. The number of hydrogen-bond donors (Lipinski definition) is 2. The van der Waals surface area contributed by atoms with Gasteiger partial charge < -0.3 is 5.32 Å². The van der Waals surface area contributed by atoms with Crippen LogP contribution in [0.2, 0.25) is 0 Å². The number of hydrogen-bond acceptors (Lipinski definition) is 4.